The maximum Gasteiger partial charge on any atom is 0.573 e. The van der Waals surface area contributed by atoms with Crippen LogP contribution in [0.25, 0.3) is 11.5 Å². The number of nitrogens with one attached hydrogen (secondary N) is 1. The number of alkyl halides is 3. The summed E-state index contributed by atoms with van der Waals surface area (Å²) in [5.41, 5.74) is 1.75. The van der Waals surface area contributed by atoms with Gasteiger partial charge in [0.1, 0.15) is 5.75 Å². The van der Waals surface area contributed by atoms with Crippen LogP contribution in [0.3, 0.4) is 0 Å². The van der Waals surface area contributed by atoms with Crippen LogP contribution in [0.15, 0.2) is 53.1 Å². The molecule has 1 N–H and O–H groups in total. The van der Waals surface area contributed by atoms with Crippen molar-refractivity contribution < 1.29 is 27.2 Å². The van der Waals surface area contributed by atoms with E-state index < -0.39 is 11.8 Å². The smallest absolute Gasteiger partial charge is 0.406 e. The third kappa shape index (κ3) is 4.55. The molecule has 0 aliphatic carbocycles. The number of carbonyl (C=O) groups excluding carboxylic acids is 1. The highest BCUT2D eigenvalue weighted by Crippen LogP contribution is 2.33. The van der Waals surface area contributed by atoms with Gasteiger partial charge < -0.3 is 14.6 Å². The van der Waals surface area contributed by atoms with Crippen molar-refractivity contribution >= 4 is 5.91 Å². The van der Waals surface area contributed by atoms with Crippen molar-refractivity contribution in [1.29, 1.82) is 0 Å². The molecule has 1 unspecified atom stereocenters. The quantitative estimate of drug-likeness (QED) is 0.621. The second-order valence-electron chi connectivity index (χ2n) is 7.90. The molecule has 4 rings (SSSR count). The maximum absolute atomic E-state index is 12.4. The first kappa shape index (κ1) is 20.9. The van der Waals surface area contributed by atoms with E-state index in [4.69, 9.17) is 4.52 Å². The zero-order valence-corrected chi connectivity index (χ0v) is 16.9. The normalized spacial score (nSPS) is 16.9. The summed E-state index contributed by atoms with van der Waals surface area (Å²) in [6.07, 6.45) is -3.44. The molecule has 1 aliphatic rings. The Balaban J connectivity index is 1.51. The molecule has 1 amide bonds. The second-order valence-corrected chi connectivity index (χ2v) is 7.90. The first-order chi connectivity index (χ1) is 14.6. The van der Waals surface area contributed by atoms with E-state index in [9.17, 15) is 18.0 Å². The summed E-state index contributed by atoms with van der Waals surface area (Å²) in [5.74, 6) is 0.497. The molecule has 2 aromatic carbocycles. The minimum atomic E-state index is -4.74. The molecule has 1 aromatic heterocycles. The third-order valence-electron chi connectivity index (χ3n) is 5.35. The zero-order chi connectivity index (χ0) is 22.2. The molecule has 0 saturated carbocycles. The van der Waals surface area contributed by atoms with Crippen molar-refractivity contribution in [2.75, 3.05) is 0 Å². The molecule has 31 heavy (non-hydrogen) atoms. The maximum atomic E-state index is 12.4. The average Bonchev–Trinajstić information content (AvgIpc) is 3.37. The Bertz CT molecular complexity index is 1070. The summed E-state index contributed by atoms with van der Waals surface area (Å²) in [7, 11) is 0. The molecule has 1 fully saturated rings. The van der Waals surface area contributed by atoms with Gasteiger partial charge in [0.05, 0.1) is 11.5 Å². The summed E-state index contributed by atoms with van der Waals surface area (Å²) in [5, 5.41) is 7.00. The van der Waals surface area contributed by atoms with Crippen LogP contribution in [0.2, 0.25) is 0 Å². The van der Waals surface area contributed by atoms with Gasteiger partial charge in [0.2, 0.25) is 5.91 Å². The molecule has 0 spiro atoms. The molecule has 1 saturated heterocycles. The molecule has 1 atom stereocenters. The van der Waals surface area contributed by atoms with E-state index in [0.29, 0.717) is 23.7 Å². The molecule has 6 nitrogen and oxygen atoms in total. The Kier molecular flexibility index (Phi) is 5.20. The van der Waals surface area contributed by atoms with E-state index in [1.54, 1.807) is 12.1 Å². The van der Waals surface area contributed by atoms with Crippen molar-refractivity contribution in [3.63, 3.8) is 0 Å². The number of aromatic nitrogens is 2. The number of benzene rings is 2. The molecule has 2 heterocycles. The van der Waals surface area contributed by atoms with Gasteiger partial charge in [0.15, 0.2) is 5.82 Å². The van der Waals surface area contributed by atoms with Gasteiger partial charge in [-0.15, -0.1) is 13.2 Å². The highest BCUT2D eigenvalue weighted by Gasteiger charge is 2.32. The van der Waals surface area contributed by atoms with Gasteiger partial charge in [-0.25, -0.2) is 0 Å². The van der Waals surface area contributed by atoms with E-state index in [1.807, 2.05) is 38.1 Å². The Morgan fingerprint density at radius 1 is 1.06 bits per heavy atom. The highest BCUT2D eigenvalue weighted by atomic mass is 19.4. The topological polar surface area (TPSA) is 77.2 Å². The lowest BCUT2D eigenvalue weighted by Crippen LogP contribution is -2.21. The second kappa shape index (κ2) is 7.72. The largest absolute Gasteiger partial charge is 0.573 e. The first-order valence-electron chi connectivity index (χ1n) is 9.72. The molecule has 0 radical (unpaired) electrons. The lowest BCUT2D eigenvalue weighted by molar-refractivity contribution is -0.274. The molecule has 0 bridgehead atoms. The molecule has 162 valence electrons. The highest BCUT2D eigenvalue weighted by molar-refractivity contribution is 5.78. The van der Waals surface area contributed by atoms with Crippen molar-refractivity contribution in [3.8, 4) is 17.2 Å². The van der Waals surface area contributed by atoms with Crippen LogP contribution < -0.4 is 10.1 Å². The fourth-order valence-electron chi connectivity index (χ4n) is 3.52. The fourth-order valence-corrected chi connectivity index (χ4v) is 3.52. The summed E-state index contributed by atoms with van der Waals surface area (Å²) in [6, 6.07) is 13.2. The molecular weight excluding hydrogens is 411 g/mol. The standard InChI is InChI=1S/C22H20F3N3O3/c1-21(2,15-7-9-16(10-8-15)30-22(23,24)25)20-27-19(31-28-20)14-5-3-13(4-6-14)17-11-12-18(29)26-17/h3-10,17H,11-12H2,1-2H3,(H,26,29). The number of carbonyl (C=O) groups is 1. The van der Waals surface area contributed by atoms with E-state index in [2.05, 4.69) is 20.2 Å². The van der Waals surface area contributed by atoms with Gasteiger partial charge in [-0.1, -0.05) is 29.4 Å². The van der Waals surface area contributed by atoms with Gasteiger partial charge >= 0.3 is 6.36 Å². The van der Waals surface area contributed by atoms with Crippen molar-refractivity contribution in [2.45, 2.75) is 44.5 Å². The van der Waals surface area contributed by atoms with Crippen molar-refractivity contribution in [1.82, 2.24) is 15.5 Å². The van der Waals surface area contributed by atoms with Crippen LogP contribution in [0.4, 0.5) is 13.2 Å². The number of ether oxygens (including phenoxy) is 1. The van der Waals surface area contributed by atoms with Gasteiger partial charge in [0.25, 0.3) is 5.89 Å². The minimum Gasteiger partial charge on any atom is -0.406 e. The Morgan fingerprint density at radius 3 is 2.32 bits per heavy atom. The van der Waals surface area contributed by atoms with Crippen molar-refractivity contribution in [2.24, 2.45) is 0 Å². The van der Waals surface area contributed by atoms with E-state index in [1.165, 1.54) is 12.1 Å². The van der Waals surface area contributed by atoms with Crippen LogP contribution in [-0.2, 0) is 10.2 Å². The number of hydrogen-bond acceptors (Lipinski definition) is 5. The summed E-state index contributed by atoms with van der Waals surface area (Å²) < 4.78 is 46.4. The first-order valence-corrected chi connectivity index (χ1v) is 9.72. The van der Waals surface area contributed by atoms with Crippen LogP contribution in [0.1, 0.15) is 49.7 Å². The average molecular weight is 431 g/mol. The van der Waals surface area contributed by atoms with Crippen LogP contribution in [-0.4, -0.2) is 22.4 Å². The molecule has 9 heteroatoms. The van der Waals surface area contributed by atoms with Gasteiger partial charge in [-0.05, 0) is 55.7 Å². The predicted molar refractivity (Wildman–Crippen MR) is 105 cm³/mol. The van der Waals surface area contributed by atoms with Gasteiger partial charge in [0, 0.05) is 12.0 Å². The lowest BCUT2D eigenvalue weighted by Gasteiger charge is -2.21. The monoisotopic (exact) mass is 431 g/mol. The molecule has 3 aromatic rings. The van der Waals surface area contributed by atoms with E-state index in [0.717, 1.165) is 17.5 Å². The predicted octanol–water partition coefficient (Wildman–Crippen LogP) is 4.91. The van der Waals surface area contributed by atoms with Gasteiger partial charge in [-0.3, -0.25) is 4.79 Å². The Labute approximate surface area is 176 Å². The summed E-state index contributed by atoms with van der Waals surface area (Å²) in [4.78, 5) is 15.9. The molecular formula is C22H20F3N3O3. The Morgan fingerprint density at radius 2 is 1.74 bits per heavy atom. The van der Waals surface area contributed by atoms with Crippen LogP contribution in [0, 0.1) is 0 Å². The van der Waals surface area contributed by atoms with E-state index in [-0.39, 0.29) is 17.7 Å². The number of amides is 1. The zero-order valence-electron chi connectivity index (χ0n) is 16.9. The van der Waals surface area contributed by atoms with Crippen LogP contribution in [0.5, 0.6) is 5.75 Å². The minimum absolute atomic E-state index is 0.0167. The Hall–Kier alpha value is -3.36. The third-order valence-corrected chi connectivity index (χ3v) is 5.35. The molecule has 1 aliphatic heterocycles. The summed E-state index contributed by atoms with van der Waals surface area (Å²) >= 11 is 0. The number of rotatable bonds is 5. The number of halogens is 3. The van der Waals surface area contributed by atoms with Crippen molar-refractivity contribution in [3.05, 3.63) is 65.5 Å². The van der Waals surface area contributed by atoms with Gasteiger partial charge in [-0.2, -0.15) is 4.98 Å². The number of nitrogens with zero attached hydrogens (tertiary/aromatic N) is 2. The fraction of sp³-hybridized carbons (Fsp3) is 0.318. The van der Waals surface area contributed by atoms with Crippen LogP contribution >= 0.6 is 0 Å². The lowest BCUT2D eigenvalue weighted by atomic mass is 9.84. The van der Waals surface area contributed by atoms with E-state index >= 15 is 0 Å². The number of hydrogen-bond donors (Lipinski definition) is 1. The SMILES string of the molecule is CC(C)(c1ccc(OC(F)(F)F)cc1)c1noc(-c2ccc(C3CCC(=O)N3)cc2)n1. The summed E-state index contributed by atoms with van der Waals surface area (Å²) in [6.45, 7) is 3.71.